The number of aliphatic hydroxyl groups excluding tert-OH is 1. The molecule has 0 spiro atoms. The molecule has 0 amide bonds. The molecule has 1 aliphatic rings. The second-order valence-corrected chi connectivity index (χ2v) is 4.46. The van der Waals surface area contributed by atoms with E-state index in [4.69, 9.17) is 14.2 Å². The van der Waals surface area contributed by atoms with E-state index in [1.807, 2.05) is 31.2 Å². The topological polar surface area (TPSA) is 47.9 Å². The lowest BCUT2D eigenvalue weighted by molar-refractivity contribution is -0.0737. The van der Waals surface area contributed by atoms with Crippen LogP contribution in [0.2, 0.25) is 0 Å². The number of benzene rings is 1. The number of ether oxygens (including phenoxy) is 3. The summed E-state index contributed by atoms with van der Waals surface area (Å²) in [5.74, 6) is 0.961. The molecule has 1 N–H and O–H groups in total. The van der Waals surface area contributed by atoms with Crippen molar-refractivity contribution < 1.29 is 19.3 Å². The lowest BCUT2D eigenvalue weighted by Gasteiger charge is -2.18. The molecule has 0 aliphatic carbocycles. The molecule has 0 bridgehead atoms. The van der Waals surface area contributed by atoms with E-state index in [0.29, 0.717) is 6.61 Å². The molecule has 1 saturated heterocycles. The molecule has 0 aromatic heterocycles. The van der Waals surface area contributed by atoms with Crippen LogP contribution in [0.25, 0.3) is 0 Å². The van der Waals surface area contributed by atoms with Gasteiger partial charge < -0.3 is 19.3 Å². The van der Waals surface area contributed by atoms with Crippen molar-refractivity contribution in [2.24, 2.45) is 5.92 Å². The van der Waals surface area contributed by atoms with Gasteiger partial charge in [-0.25, -0.2) is 0 Å². The Morgan fingerprint density at radius 2 is 2.11 bits per heavy atom. The summed E-state index contributed by atoms with van der Waals surface area (Å²) in [6, 6.07) is 7.65. The Morgan fingerprint density at radius 3 is 2.67 bits per heavy atom. The molecule has 2 rings (SSSR count). The van der Waals surface area contributed by atoms with Gasteiger partial charge in [-0.15, -0.1) is 0 Å². The summed E-state index contributed by atoms with van der Waals surface area (Å²) >= 11 is 0. The minimum absolute atomic E-state index is 0.0212. The van der Waals surface area contributed by atoms with Gasteiger partial charge in [0.1, 0.15) is 5.75 Å². The smallest absolute Gasteiger partial charge is 0.184 e. The third kappa shape index (κ3) is 2.83. The molecule has 1 aliphatic heterocycles. The van der Waals surface area contributed by atoms with Gasteiger partial charge in [-0.1, -0.05) is 19.1 Å². The summed E-state index contributed by atoms with van der Waals surface area (Å²) in [6.07, 6.45) is 0.536. The number of rotatable bonds is 5. The molecule has 3 atom stereocenters. The predicted molar refractivity (Wildman–Crippen MR) is 67.4 cm³/mol. The molecule has 1 aromatic carbocycles. The van der Waals surface area contributed by atoms with Crippen molar-refractivity contribution in [3.8, 4) is 5.75 Å². The van der Waals surface area contributed by atoms with Gasteiger partial charge in [-0.3, -0.25) is 0 Å². The number of methoxy groups -OCH3 is 1. The standard InChI is InChI=1S/C14H20O4/c1-3-10(8-15)13-9-17-14(18-13)11-4-6-12(16-2)7-5-11/h4-7,10,13-15H,3,8-9H2,1-2H3/t10-,13+,14?/m0/s1. The van der Waals surface area contributed by atoms with E-state index >= 15 is 0 Å². The van der Waals surface area contributed by atoms with Gasteiger partial charge in [0.25, 0.3) is 0 Å². The van der Waals surface area contributed by atoms with Crippen LogP contribution in [-0.4, -0.2) is 31.5 Å². The first kappa shape index (κ1) is 13.3. The Labute approximate surface area is 107 Å². The Kier molecular flexibility index (Phi) is 4.58. The van der Waals surface area contributed by atoms with Gasteiger partial charge >= 0.3 is 0 Å². The second kappa shape index (κ2) is 6.18. The van der Waals surface area contributed by atoms with E-state index in [0.717, 1.165) is 17.7 Å². The average Bonchev–Trinajstić information content (AvgIpc) is 2.90. The average molecular weight is 252 g/mol. The molecule has 18 heavy (non-hydrogen) atoms. The molecule has 1 heterocycles. The summed E-state index contributed by atoms with van der Waals surface area (Å²) < 4.78 is 16.6. The van der Waals surface area contributed by atoms with Crippen LogP contribution >= 0.6 is 0 Å². The molecule has 1 unspecified atom stereocenters. The summed E-state index contributed by atoms with van der Waals surface area (Å²) in [7, 11) is 1.64. The minimum Gasteiger partial charge on any atom is -0.497 e. The molecule has 4 nitrogen and oxygen atoms in total. The highest BCUT2D eigenvalue weighted by atomic mass is 16.7. The molecule has 1 fully saturated rings. The van der Waals surface area contributed by atoms with E-state index in [9.17, 15) is 5.11 Å². The number of hydrogen-bond acceptors (Lipinski definition) is 4. The fraction of sp³-hybridized carbons (Fsp3) is 0.571. The van der Waals surface area contributed by atoms with Crippen LogP contribution in [-0.2, 0) is 9.47 Å². The largest absolute Gasteiger partial charge is 0.497 e. The van der Waals surface area contributed by atoms with Crippen LogP contribution in [0.3, 0.4) is 0 Å². The maximum absolute atomic E-state index is 9.26. The van der Waals surface area contributed by atoms with Crippen molar-refractivity contribution >= 4 is 0 Å². The Balaban J connectivity index is 1.99. The second-order valence-electron chi connectivity index (χ2n) is 4.46. The zero-order valence-corrected chi connectivity index (χ0v) is 10.8. The lowest BCUT2D eigenvalue weighted by Crippen LogP contribution is -2.25. The van der Waals surface area contributed by atoms with Gasteiger partial charge in [-0.05, 0) is 18.6 Å². The van der Waals surface area contributed by atoms with Crippen LogP contribution < -0.4 is 4.74 Å². The van der Waals surface area contributed by atoms with Crippen LogP contribution in [0.1, 0.15) is 25.2 Å². The molecular weight excluding hydrogens is 232 g/mol. The van der Waals surface area contributed by atoms with Crippen molar-refractivity contribution in [1.29, 1.82) is 0 Å². The fourth-order valence-electron chi connectivity index (χ4n) is 2.11. The van der Waals surface area contributed by atoms with Gasteiger partial charge in [0.15, 0.2) is 6.29 Å². The minimum atomic E-state index is -0.332. The first-order valence-electron chi connectivity index (χ1n) is 6.30. The van der Waals surface area contributed by atoms with Crippen molar-refractivity contribution in [2.75, 3.05) is 20.3 Å². The van der Waals surface area contributed by atoms with E-state index in [1.54, 1.807) is 7.11 Å². The van der Waals surface area contributed by atoms with Crippen LogP contribution in [0.5, 0.6) is 5.75 Å². The summed E-state index contributed by atoms with van der Waals surface area (Å²) in [6.45, 7) is 2.72. The first-order chi connectivity index (χ1) is 8.78. The summed E-state index contributed by atoms with van der Waals surface area (Å²) in [5, 5.41) is 9.26. The van der Waals surface area contributed by atoms with E-state index in [-0.39, 0.29) is 24.9 Å². The molecular formula is C14H20O4. The third-order valence-electron chi connectivity index (χ3n) is 3.38. The van der Waals surface area contributed by atoms with Crippen LogP contribution in [0.4, 0.5) is 0 Å². The number of aliphatic hydroxyl groups is 1. The van der Waals surface area contributed by atoms with Crippen molar-refractivity contribution in [3.63, 3.8) is 0 Å². The Hall–Kier alpha value is -1.10. The highest BCUT2D eigenvalue weighted by molar-refractivity contribution is 5.28. The van der Waals surface area contributed by atoms with Gasteiger partial charge in [0, 0.05) is 18.1 Å². The van der Waals surface area contributed by atoms with E-state index in [1.165, 1.54) is 0 Å². The SMILES string of the molecule is CC[C@@H](CO)[C@H]1COC(c2ccc(OC)cc2)O1. The zero-order valence-electron chi connectivity index (χ0n) is 10.8. The quantitative estimate of drug-likeness (QED) is 0.872. The van der Waals surface area contributed by atoms with E-state index in [2.05, 4.69) is 0 Å². The molecule has 1 aromatic rings. The van der Waals surface area contributed by atoms with Crippen molar-refractivity contribution in [2.45, 2.75) is 25.7 Å². The fourth-order valence-corrected chi connectivity index (χ4v) is 2.11. The van der Waals surface area contributed by atoms with Crippen LogP contribution in [0.15, 0.2) is 24.3 Å². The Morgan fingerprint density at radius 1 is 1.39 bits per heavy atom. The maximum atomic E-state index is 9.26. The molecule has 4 heteroatoms. The monoisotopic (exact) mass is 252 g/mol. The summed E-state index contributed by atoms with van der Waals surface area (Å²) in [4.78, 5) is 0. The molecule has 0 radical (unpaired) electrons. The van der Waals surface area contributed by atoms with Gasteiger partial charge in [0.05, 0.1) is 19.8 Å². The Bertz CT molecular complexity index is 359. The number of hydrogen-bond donors (Lipinski definition) is 1. The molecule has 100 valence electrons. The predicted octanol–water partition coefficient (Wildman–Crippen LogP) is 2.13. The first-order valence-corrected chi connectivity index (χ1v) is 6.30. The zero-order chi connectivity index (χ0) is 13.0. The summed E-state index contributed by atoms with van der Waals surface area (Å²) in [5.41, 5.74) is 0.978. The van der Waals surface area contributed by atoms with Crippen LogP contribution in [0, 0.1) is 5.92 Å². The van der Waals surface area contributed by atoms with Crippen molar-refractivity contribution in [3.05, 3.63) is 29.8 Å². The lowest BCUT2D eigenvalue weighted by atomic mass is 10.0. The van der Waals surface area contributed by atoms with Gasteiger partial charge in [-0.2, -0.15) is 0 Å². The highest BCUT2D eigenvalue weighted by Crippen LogP contribution is 2.31. The third-order valence-corrected chi connectivity index (χ3v) is 3.38. The highest BCUT2D eigenvalue weighted by Gasteiger charge is 2.32. The molecule has 0 saturated carbocycles. The van der Waals surface area contributed by atoms with Crippen molar-refractivity contribution in [1.82, 2.24) is 0 Å². The van der Waals surface area contributed by atoms with Gasteiger partial charge in [0.2, 0.25) is 0 Å². The van der Waals surface area contributed by atoms with E-state index < -0.39 is 0 Å². The normalized spacial score (nSPS) is 25.1. The maximum Gasteiger partial charge on any atom is 0.184 e.